The van der Waals surface area contributed by atoms with Crippen molar-refractivity contribution in [2.24, 2.45) is 5.92 Å². The maximum atomic E-state index is 10.3. The molecule has 2 unspecified atom stereocenters. The third-order valence-electron chi connectivity index (χ3n) is 2.57. The molecule has 1 saturated heterocycles. The molecule has 1 rings (SSSR count). The topological polar surface area (TPSA) is 49.3 Å². The highest BCUT2D eigenvalue weighted by molar-refractivity contribution is 7.99. The second kappa shape index (κ2) is 6.30. The lowest BCUT2D eigenvalue weighted by molar-refractivity contribution is -0.137. The number of aliphatic carboxylic acids is 1. The summed E-state index contributed by atoms with van der Waals surface area (Å²) in [6.45, 7) is 3.11. The minimum atomic E-state index is -0.699. The number of nitrogens with one attached hydrogen (secondary N) is 1. The highest BCUT2D eigenvalue weighted by atomic mass is 32.2. The molecule has 0 spiro atoms. The SMILES string of the molecule is CC(CCC(=O)O)NCC1CCSC1. The fraction of sp³-hybridized carbons (Fsp3) is 0.900. The minimum absolute atomic E-state index is 0.271. The van der Waals surface area contributed by atoms with E-state index in [-0.39, 0.29) is 6.42 Å². The average Bonchev–Trinajstić information content (AvgIpc) is 2.63. The van der Waals surface area contributed by atoms with Crippen molar-refractivity contribution in [3.63, 3.8) is 0 Å². The zero-order valence-electron chi connectivity index (χ0n) is 8.66. The van der Waals surface area contributed by atoms with Crippen molar-refractivity contribution in [2.45, 2.75) is 32.2 Å². The van der Waals surface area contributed by atoms with E-state index in [4.69, 9.17) is 5.11 Å². The summed E-state index contributed by atoms with van der Waals surface area (Å²) in [5.74, 6) is 2.65. The quantitative estimate of drug-likeness (QED) is 0.709. The molecule has 0 amide bonds. The summed E-state index contributed by atoms with van der Waals surface area (Å²) in [6, 6.07) is 0.330. The maximum Gasteiger partial charge on any atom is 0.303 e. The summed E-state index contributed by atoms with van der Waals surface area (Å²) in [6.07, 6.45) is 2.31. The summed E-state index contributed by atoms with van der Waals surface area (Å²) in [4.78, 5) is 10.3. The standard InChI is InChI=1S/C10H19NO2S/c1-8(2-3-10(12)13)11-6-9-4-5-14-7-9/h8-9,11H,2-7H2,1H3,(H,12,13). The third kappa shape index (κ3) is 4.86. The Morgan fingerprint density at radius 3 is 3.07 bits per heavy atom. The van der Waals surface area contributed by atoms with Crippen LogP contribution in [0.2, 0.25) is 0 Å². The van der Waals surface area contributed by atoms with E-state index in [1.54, 1.807) is 0 Å². The molecule has 2 N–H and O–H groups in total. The minimum Gasteiger partial charge on any atom is -0.481 e. The first-order valence-electron chi connectivity index (χ1n) is 5.21. The third-order valence-corrected chi connectivity index (χ3v) is 3.80. The van der Waals surface area contributed by atoms with E-state index in [1.165, 1.54) is 17.9 Å². The molecule has 1 aliphatic rings. The van der Waals surface area contributed by atoms with Gasteiger partial charge in [-0.2, -0.15) is 11.8 Å². The van der Waals surface area contributed by atoms with Crippen LogP contribution in [0.1, 0.15) is 26.2 Å². The summed E-state index contributed by atoms with van der Waals surface area (Å²) in [5, 5.41) is 11.9. The van der Waals surface area contributed by atoms with E-state index >= 15 is 0 Å². The number of carboxylic acid groups (broad SMARTS) is 1. The number of carbonyl (C=O) groups is 1. The van der Waals surface area contributed by atoms with Crippen molar-refractivity contribution in [3.05, 3.63) is 0 Å². The summed E-state index contributed by atoms with van der Waals surface area (Å²) in [5.41, 5.74) is 0. The Kier molecular flexibility index (Phi) is 5.33. The highest BCUT2D eigenvalue weighted by Crippen LogP contribution is 2.22. The molecule has 2 atom stereocenters. The molecular formula is C10H19NO2S. The van der Waals surface area contributed by atoms with Crippen LogP contribution >= 0.6 is 11.8 Å². The fourth-order valence-corrected chi connectivity index (χ4v) is 2.84. The van der Waals surface area contributed by atoms with Crippen LogP contribution < -0.4 is 5.32 Å². The lowest BCUT2D eigenvalue weighted by atomic mass is 10.1. The Morgan fingerprint density at radius 2 is 2.50 bits per heavy atom. The molecule has 0 aromatic carbocycles. The van der Waals surface area contributed by atoms with Crippen molar-refractivity contribution >= 4 is 17.7 Å². The van der Waals surface area contributed by atoms with Crippen molar-refractivity contribution in [1.29, 1.82) is 0 Å². The van der Waals surface area contributed by atoms with Crippen molar-refractivity contribution < 1.29 is 9.90 Å². The first-order chi connectivity index (χ1) is 6.68. The summed E-state index contributed by atoms with van der Waals surface area (Å²) >= 11 is 2.02. The van der Waals surface area contributed by atoms with Gasteiger partial charge in [0.2, 0.25) is 0 Å². The van der Waals surface area contributed by atoms with Gasteiger partial charge in [-0.05, 0) is 43.7 Å². The monoisotopic (exact) mass is 217 g/mol. The van der Waals surface area contributed by atoms with Crippen molar-refractivity contribution in [3.8, 4) is 0 Å². The lowest BCUT2D eigenvalue weighted by Crippen LogP contribution is -2.31. The van der Waals surface area contributed by atoms with Crippen LogP contribution in [0.5, 0.6) is 0 Å². The molecule has 1 fully saturated rings. The van der Waals surface area contributed by atoms with E-state index < -0.39 is 5.97 Å². The van der Waals surface area contributed by atoms with Gasteiger partial charge >= 0.3 is 5.97 Å². The molecule has 0 bridgehead atoms. The van der Waals surface area contributed by atoms with Crippen LogP contribution in [-0.2, 0) is 4.79 Å². The molecule has 0 aromatic rings. The lowest BCUT2D eigenvalue weighted by Gasteiger charge is -2.15. The van der Waals surface area contributed by atoms with E-state index in [2.05, 4.69) is 12.2 Å². The zero-order valence-corrected chi connectivity index (χ0v) is 9.48. The van der Waals surface area contributed by atoms with Crippen LogP contribution in [0, 0.1) is 5.92 Å². The smallest absolute Gasteiger partial charge is 0.303 e. The average molecular weight is 217 g/mol. The molecule has 0 aromatic heterocycles. The van der Waals surface area contributed by atoms with Crippen LogP contribution in [0.3, 0.4) is 0 Å². The molecule has 14 heavy (non-hydrogen) atoms. The number of hydrogen-bond acceptors (Lipinski definition) is 3. The Balaban J connectivity index is 2.02. The van der Waals surface area contributed by atoms with Crippen molar-refractivity contribution in [1.82, 2.24) is 5.32 Å². The molecular weight excluding hydrogens is 198 g/mol. The second-order valence-corrected chi connectivity index (χ2v) is 5.12. The number of thioether (sulfide) groups is 1. The van der Waals surface area contributed by atoms with Gasteiger partial charge in [-0.15, -0.1) is 0 Å². The van der Waals surface area contributed by atoms with Gasteiger partial charge in [0.15, 0.2) is 0 Å². The summed E-state index contributed by atoms with van der Waals surface area (Å²) in [7, 11) is 0. The molecule has 0 saturated carbocycles. The number of hydrogen-bond donors (Lipinski definition) is 2. The molecule has 82 valence electrons. The van der Waals surface area contributed by atoms with Crippen LogP contribution in [0.15, 0.2) is 0 Å². The van der Waals surface area contributed by atoms with Gasteiger partial charge in [0.05, 0.1) is 0 Å². The Hall–Kier alpha value is -0.220. The van der Waals surface area contributed by atoms with Crippen LogP contribution in [0.4, 0.5) is 0 Å². The predicted molar refractivity (Wildman–Crippen MR) is 59.8 cm³/mol. The van der Waals surface area contributed by atoms with Crippen molar-refractivity contribution in [2.75, 3.05) is 18.1 Å². The van der Waals surface area contributed by atoms with Gasteiger partial charge in [0, 0.05) is 12.5 Å². The molecule has 0 radical (unpaired) electrons. The van der Waals surface area contributed by atoms with E-state index in [0.717, 1.165) is 18.9 Å². The molecule has 1 heterocycles. The summed E-state index contributed by atoms with van der Waals surface area (Å²) < 4.78 is 0. The van der Waals surface area contributed by atoms with E-state index in [0.29, 0.717) is 6.04 Å². The number of carboxylic acids is 1. The first kappa shape index (κ1) is 11.9. The van der Waals surface area contributed by atoms with Gasteiger partial charge in [-0.25, -0.2) is 0 Å². The Morgan fingerprint density at radius 1 is 1.71 bits per heavy atom. The van der Waals surface area contributed by atoms with Gasteiger partial charge in [-0.1, -0.05) is 0 Å². The van der Waals surface area contributed by atoms with E-state index in [9.17, 15) is 4.79 Å². The molecule has 0 aliphatic carbocycles. The molecule has 3 nitrogen and oxygen atoms in total. The zero-order chi connectivity index (χ0) is 10.4. The Labute approximate surface area is 89.6 Å². The number of rotatable bonds is 6. The Bertz CT molecular complexity index is 181. The van der Waals surface area contributed by atoms with E-state index in [1.807, 2.05) is 11.8 Å². The second-order valence-electron chi connectivity index (χ2n) is 3.97. The first-order valence-corrected chi connectivity index (χ1v) is 6.37. The fourth-order valence-electron chi connectivity index (χ4n) is 1.55. The normalized spacial score (nSPS) is 23.6. The predicted octanol–water partition coefficient (Wildman–Crippen LogP) is 1.58. The van der Waals surface area contributed by atoms with Gasteiger partial charge in [-0.3, -0.25) is 4.79 Å². The van der Waals surface area contributed by atoms with Gasteiger partial charge < -0.3 is 10.4 Å². The van der Waals surface area contributed by atoms with Crippen LogP contribution in [0.25, 0.3) is 0 Å². The van der Waals surface area contributed by atoms with Crippen LogP contribution in [-0.4, -0.2) is 35.2 Å². The largest absolute Gasteiger partial charge is 0.481 e. The molecule has 4 heteroatoms. The van der Waals surface area contributed by atoms with Gasteiger partial charge in [0.1, 0.15) is 0 Å². The molecule has 1 aliphatic heterocycles. The maximum absolute atomic E-state index is 10.3. The van der Waals surface area contributed by atoms with Gasteiger partial charge in [0.25, 0.3) is 0 Å². The highest BCUT2D eigenvalue weighted by Gasteiger charge is 2.15.